The van der Waals surface area contributed by atoms with Crippen LogP contribution in [0, 0.1) is 0 Å². The zero-order chi connectivity index (χ0) is 23.4. The van der Waals surface area contributed by atoms with E-state index in [1.54, 1.807) is 24.4 Å². The number of rotatable bonds is 7. The van der Waals surface area contributed by atoms with E-state index in [2.05, 4.69) is 30.6 Å². The average Bonchev–Trinajstić information content (AvgIpc) is 3.25. The molecule has 2 atom stereocenters. The minimum absolute atomic E-state index is 0.130. The number of benzene rings is 1. The number of halogens is 4. The molecule has 9 nitrogen and oxygen atoms in total. The standard InChI is InChI=1S/C20H19ClF3N5O4/c21-13-2-1-11-8-16(25-9-12(11)7-13)17(30)27-14-3-4-15(26-10-14)18-28-29-19(33-18)31-5-6-32-20(22,23)24/h1-2,7-9,14-15,26H,3-6,10H2,(H,27,30)/t14-,15+/m0/s1. The van der Waals surface area contributed by atoms with Gasteiger partial charge in [-0.2, -0.15) is 0 Å². The molecule has 0 unspecified atom stereocenters. The number of alkyl halides is 3. The first-order chi connectivity index (χ1) is 15.8. The fourth-order valence-electron chi connectivity index (χ4n) is 3.39. The van der Waals surface area contributed by atoms with Crippen molar-refractivity contribution in [2.45, 2.75) is 31.3 Å². The number of nitrogens with one attached hydrogen (secondary N) is 2. The van der Waals surface area contributed by atoms with Gasteiger partial charge in [0, 0.05) is 29.2 Å². The smallest absolute Gasteiger partial charge is 0.447 e. The van der Waals surface area contributed by atoms with E-state index in [4.69, 9.17) is 20.8 Å². The third kappa shape index (κ3) is 6.30. The summed E-state index contributed by atoms with van der Waals surface area (Å²) in [6.45, 7) is -0.620. The Bertz CT molecular complexity index is 1120. The van der Waals surface area contributed by atoms with Crippen molar-refractivity contribution >= 4 is 28.3 Å². The second-order valence-electron chi connectivity index (χ2n) is 7.32. The van der Waals surface area contributed by atoms with E-state index in [-0.39, 0.29) is 36.6 Å². The first kappa shape index (κ1) is 23.2. The lowest BCUT2D eigenvalue weighted by Crippen LogP contribution is -2.47. The van der Waals surface area contributed by atoms with Crippen LogP contribution in [-0.2, 0) is 4.74 Å². The third-order valence-corrected chi connectivity index (χ3v) is 5.20. The number of aromatic nitrogens is 3. The molecule has 1 amide bonds. The molecule has 0 spiro atoms. The molecule has 33 heavy (non-hydrogen) atoms. The summed E-state index contributed by atoms with van der Waals surface area (Å²) in [5.41, 5.74) is 0.306. The van der Waals surface area contributed by atoms with Gasteiger partial charge in [-0.1, -0.05) is 22.8 Å². The summed E-state index contributed by atoms with van der Waals surface area (Å²) in [6, 6.07) is 6.67. The van der Waals surface area contributed by atoms with Crippen molar-refractivity contribution in [3.8, 4) is 6.08 Å². The SMILES string of the molecule is O=C(N[C@H]1CC[C@H](c2nnc(OCCOC(F)(F)F)o2)NC1)c1cc2ccc(Cl)cc2cn1. The molecule has 2 aromatic heterocycles. The quantitative estimate of drug-likeness (QED) is 0.490. The highest BCUT2D eigenvalue weighted by atomic mass is 35.5. The van der Waals surface area contributed by atoms with Crippen molar-refractivity contribution < 1.29 is 31.9 Å². The van der Waals surface area contributed by atoms with Crippen LogP contribution in [0.15, 0.2) is 34.9 Å². The number of carbonyl (C=O) groups excluding carboxylic acids is 1. The number of hydrogen-bond donors (Lipinski definition) is 2. The summed E-state index contributed by atoms with van der Waals surface area (Å²) < 4.78 is 49.7. The lowest BCUT2D eigenvalue weighted by Gasteiger charge is -2.28. The van der Waals surface area contributed by atoms with Crippen LogP contribution < -0.4 is 15.4 Å². The van der Waals surface area contributed by atoms with Crippen molar-refractivity contribution in [3.05, 3.63) is 47.1 Å². The topological polar surface area (TPSA) is 111 Å². The van der Waals surface area contributed by atoms with E-state index in [1.165, 1.54) is 0 Å². The summed E-state index contributed by atoms with van der Waals surface area (Å²) >= 11 is 5.97. The Morgan fingerprint density at radius 1 is 1.21 bits per heavy atom. The largest absolute Gasteiger partial charge is 0.522 e. The van der Waals surface area contributed by atoms with Crippen LogP contribution in [0.25, 0.3) is 10.8 Å². The van der Waals surface area contributed by atoms with Crippen LogP contribution in [0.3, 0.4) is 0 Å². The van der Waals surface area contributed by atoms with Gasteiger partial charge in [0.1, 0.15) is 12.3 Å². The molecule has 176 valence electrons. The number of piperidine rings is 1. The molecule has 4 rings (SSSR count). The highest BCUT2D eigenvalue weighted by Crippen LogP contribution is 2.25. The van der Waals surface area contributed by atoms with E-state index < -0.39 is 13.0 Å². The Labute approximate surface area is 190 Å². The van der Waals surface area contributed by atoms with Gasteiger partial charge in [-0.05, 0) is 36.4 Å². The van der Waals surface area contributed by atoms with Crippen LogP contribution in [0.1, 0.15) is 35.3 Å². The Balaban J connectivity index is 1.25. The summed E-state index contributed by atoms with van der Waals surface area (Å²) in [5, 5.41) is 16.0. The summed E-state index contributed by atoms with van der Waals surface area (Å²) in [4.78, 5) is 16.8. The van der Waals surface area contributed by atoms with Gasteiger partial charge in [0.2, 0.25) is 5.89 Å². The van der Waals surface area contributed by atoms with Crippen molar-refractivity contribution in [2.24, 2.45) is 0 Å². The number of carbonyl (C=O) groups is 1. The zero-order valence-corrected chi connectivity index (χ0v) is 17.8. The van der Waals surface area contributed by atoms with Crippen LogP contribution in [0.2, 0.25) is 5.02 Å². The van der Waals surface area contributed by atoms with Gasteiger partial charge in [0.05, 0.1) is 12.6 Å². The van der Waals surface area contributed by atoms with E-state index in [0.717, 1.165) is 10.8 Å². The van der Waals surface area contributed by atoms with Crippen molar-refractivity contribution in [1.82, 2.24) is 25.8 Å². The van der Waals surface area contributed by atoms with Gasteiger partial charge in [-0.3, -0.25) is 14.5 Å². The van der Waals surface area contributed by atoms with Gasteiger partial charge >= 0.3 is 12.4 Å². The monoisotopic (exact) mass is 485 g/mol. The lowest BCUT2D eigenvalue weighted by atomic mass is 10.0. The fourth-order valence-corrected chi connectivity index (χ4v) is 3.57. The number of hydrogen-bond acceptors (Lipinski definition) is 8. The first-order valence-electron chi connectivity index (χ1n) is 10.0. The van der Waals surface area contributed by atoms with Crippen LogP contribution in [-0.4, -0.2) is 53.3 Å². The summed E-state index contributed by atoms with van der Waals surface area (Å²) in [5.74, 6) is -0.0342. The summed E-state index contributed by atoms with van der Waals surface area (Å²) in [7, 11) is 0. The first-order valence-corrected chi connectivity index (χ1v) is 10.4. The number of pyridine rings is 1. The van der Waals surface area contributed by atoms with Gasteiger partial charge in [0.15, 0.2) is 0 Å². The van der Waals surface area contributed by atoms with Crippen LogP contribution in [0.5, 0.6) is 6.08 Å². The maximum absolute atomic E-state index is 12.6. The lowest BCUT2D eigenvalue weighted by molar-refractivity contribution is -0.325. The van der Waals surface area contributed by atoms with E-state index in [1.807, 2.05) is 6.07 Å². The molecular weight excluding hydrogens is 467 g/mol. The Hall–Kier alpha value is -2.96. The normalized spacial score (nSPS) is 18.9. The number of fused-ring (bicyclic) bond motifs is 1. The molecule has 1 saturated heterocycles. The minimum atomic E-state index is -4.72. The fraction of sp³-hybridized carbons (Fsp3) is 0.400. The maximum Gasteiger partial charge on any atom is 0.522 e. The molecule has 3 heterocycles. The highest BCUT2D eigenvalue weighted by Gasteiger charge is 2.29. The average molecular weight is 486 g/mol. The number of ether oxygens (including phenoxy) is 2. The predicted molar refractivity (Wildman–Crippen MR) is 110 cm³/mol. The second-order valence-corrected chi connectivity index (χ2v) is 7.75. The van der Waals surface area contributed by atoms with Crippen molar-refractivity contribution in [2.75, 3.05) is 19.8 Å². The molecule has 2 N–H and O–H groups in total. The zero-order valence-electron chi connectivity index (χ0n) is 17.1. The van der Waals surface area contributed by atoms with Crippen molar-refractivity contribution in [1.29, 1.82) is 0 Å². The molecular formula is C20H19ClF3N5O4. The molecule has 0 bridgehead atoms. The third-order valence-electron chi connectivity index (χ3n) is 4.96. The van der Waals surface area contributed by atoms with Crippen LogP contribution in [0.4, 0.5) is 13.2 Å². The Morgan fingerprint density at radius 3 is 2.82 bits per heavy atom. The molecule has 1 fully saturated rings. The molecule has 1 aromatic carbocycles. The summed E-state index contributed by atoms with van der Waals surface area (Å²) in [6.07, 6.45) is -2.12. The molecule has 0 radical (unpaired) electrons. The molecule has 1 aliphatic heterocycles. The van der Waals surface area contributed by atoms with Gasteiger partial charge < -0.3 is 19.8 Å². The van der Waals surface area contributed by atoms with Gasteiger partial charge in [-0.15, -0.1) is 18.3 Å². The molecule has 1 aliphatic rings. The van der Waals surface area contributed by atoms with Gasteiger partial charge in [-0.25, -0.2) is 0 Å². The highest BCUT2D eigenvalue weighted by molar-refractivity contribution is 6.31. The van der Waals surface area contributed by atoms with E-state index in [9.17, 15) is 18.0 Å². The molecule has 0 saturated carbocycles. The predicted octanol–water partition coefficient (Wildman–Crippen LogP) is 3.41. The second kappa shape index (κ2) is 9.89. The van der Waals surface area contributed by atoms with E-state index in [0.29, 0.717) is 30.1 Å². The van der Waals surface area contributed by atoms with Gasteiger partial charge in [0.25, 0.3) is 5.91 Å². The Kier molecular flexibility index (Phi) is 6.96. The van der Waals surface area contributed by atoms with Crippen molar-refractivity contribution in [3.63, 3.8) is 0 Å². The number of amides is 1. The molecule has 3 aromatic rings. The van der Waals surface area contributed by atoms with E-state index >= 15 is 0 Å². The number of nitrogens with zero attached hydrogens (tertiary/aromatic N) is 3. The molecule has 13 heteroatoms. The Morgan fingerprint density at radius 2 is 2.06 bits per heavy atom. The van der Waals surface area contributed by atoms with Crippen LogP contribution >= 0.6 is 11.6 Å². The maximum atomic E-state index is 12.6. The minimum Gasteiger partial charge on any atom is -0.447 e. The molecule has 0 aliphatic carbocycles.